The molecule has 0 radical (unpaired) electrons. The first kappa shape index (κ1) is 22.3. The van der Waals surface area contributed by atoms with Gasteiger partial charge in [0, 0.05) is 24.2 Å². The number of anilines is 1. The molecule has 0 saturated heterocycles. The Morgan fingerprint density at radius 2 is 1.94 bits per heavy atom. The maximum absolute atomic E-state index is 6.12. The van der Waals surface area contributed by atoms with Crippen molar-refractivity contribution in [2.24, 2.45) is 0 Å². The number of nitrogen functional groups attached to an aromatic ring is 1. The zero-order valence-electron chi connectivity index (χ0n) is 19.4. The number of hydrogen-bond acceptors (Lipinski definition) is 7. The normalized spacial score (nSPS) is 19.2. The van der Waals surface area contributed by atoms with Crippen LogP contribution in [-0.2, 0) is 0 Å². The van der Waals surface area contributed by atoms with E-state index in [2.05, 4.69) is 61.0 Å². The van der Waals surface area contributed by atoms with E-state index in [4.69, 9.17) is 10.5 Å². The van der Waals surface area contributed by atoms with Gasteiger partial charge in [0.25, 0.3) is 0 Å². The van der Waals surface area contributed by atoms with Crippen LogP contribution in [-0.4, -0.2) is 45.1 Å². The molecule has 1 aliphatic rings. The SMILES string of the molecule is COc1cc(C(CCN[C@H]2CC[C@H](c3ccccc3)CC2)c2cc(N)nc3[nH]nnc23)ccn1. The number of pyridine rings is 2. The molecule has 1 fully saturated rings. The Hall–Kier alpha value is -3.52. The number of rotatable bonds is 8. The summed E-state index contributed by atoms with van der Waals surface area (Å²) in [6.07, 6.45) is 7.52. The number of nitrogens with zero attached hydrogens (tertiary/aromatic N) is 4. The molecule has 8 nitrogen and oxygen atoms in total. The van der Waals surface area contributed by atoms with Gasteiger partial charge in [-0.05, 0) is 73.4 Å². The molecule has 5 rings (SSSR count). The van der Waals surface area contributed by atoms with Gasteiger partial charge < -0.3 is 15.8 Å². The molecule has 176 valence electrons. The van der Waals surface area contributed by atoms with E-state index in [0.717, 1.165) is 29.6 Å². The Balaban J connectivity index is 1.29. The van der Waals surface area contributed by atoms with Crippen molar-refractivity contribution >= 4 is 17.0 Å². The maximum atomic E-state index is 6.12. The molecule has 0 amide bonds. The molecule has 4 aromatic rings. The number of hydrogen-bond donors (Lipinski definition) is 3. The molecule has 3 heterocycles. The van der Waals surface area contributed by atoms with Gasteiger partial charge in [0.1, 0.15) is 11.3 Å². The van der Waals surface area contributed by atoms with E-state index in [1.807, 2.05) is 18.2 Å². The van der Waals surface area contributed by atoms with Crippen LogP contribution in [0, 0.1) is 0 Å². The van der Waals surface area contributed by atoms with Crippen molar-refractivity contribution < 1.29 is 4.74 Å². The number of benzene rings is 1. The van der Waals surface area contributed by atoms with Gasteiger partial charge in [0.05, 0.1) is 7.11 Å². The Kier molecular flexibility index (Phi) is 6.67. The summed E-state index contributed by atoms with van der Waals surface area (Å²) in [6, 6.07) is 17.4. The highest BCUT2D eigenvalue weighted by atomic mass is 16.5. The molecule has 0 aliphatic heterocycles. The summed E-state index contributed by atoms with van der Waals surface area (Å²) in [6.45, 7) is 0.886. The highest BCUT2D eigenvalue weighted by Gasteiger charge is 2.24. The molecular weight excluding hydrogens is 426 g/mol. The van der Waals surface area contributed by atoms with Gasteiger partial charge in [-0.15, -0.1) is 5.10 Å². The second kappa shape index (κ2) is 10.2. The first-order valence-electron chi connectivity index (χ1n) is 12.0. The summed E-state index contributed by atoms with van der Waals surface area (Å²) in [4.78, 5) is 8.62. The number of methoxy groups -OCH3 is 1. The fourth-order valence-electron chi connectivity index (χ4n) is 5.19. The standard InChI is InChI=1S/C26H31N7O/c1-34-24-15-19(11-13-29-24)21(22-16-23(27)30-26-25(22)31-33-32-26)12-14-28-20-9-7-18(8-10-20)17-5-3-2-4-6-17/h2-6,11,13,15-16,18,20-21,28H,7-10,12,14H2,1H3,(H3,27,30,31,32,33)/t18-,20-,21?. The summed E-state index contributed by atoms with van der Waals surface area (Å²) in [5, 5.41) is 14.9. The van der Waals surface area contributed by atoms with E-state index in [1.54, 1.807) is 13.3 Å². The molecule has 1 atom stereocenters. The molecule has 1 aromatic carbocycles. The lowest BCUT2D eigenvalue weighted by molar-refractivity contribution is 0.340. The number of H-pyrrole nitrogens is 1. The summed E-state index contributed by atoms with van der Waals surface area (Å²) >= 11 is 0. The summed E-state index contributed by atoms with van der Waals surface area (Å²) in [5.74, 6) is 1.78. The first-order valence-corrected chi connectivity index (χ1v) is 12.0. The highest BCUT2D eigenvalue weighted by molar-refractivity contribution is 5.77. The van der Waals surface area contributed by atoms with Crippen LogP contribution in [0.1, 0.15) is 60.6 Å². The van der Waals surface area contributed by atoms with Crippen molar-refractivity contribution in [1.29, 1.82) is 0 Å². The average Bonchev–Trinajstić information content (AvgIpc) is 3.36. The molecule has 4 N–H and O–H groups in total. The fourth-order valence-corrected chi connectivity index (χ4v) is 5.19. The zero-order chi connectivity index (χ0) is 23.3. The van der Waals surface area contributed by atoms with Crippen LogP contribution in [0.4, 0.5) is 5.82 Å². The molecule has 3 aromatic heterocycles. The number of nitrogens with two attached hydrogens (primary N) is 1. The average molecular weight is 458 g/mol. The molecule has 0 spiro atoms. The van der Waals surface area contributed by atoms with Crippen LogP contribution in [0.15, 0.2) is 54.7 Å². The van der Waals surface area contributed by atoms with Crippen molar-refractivity contribution in [3.05, 3.63) is 71.4 Å². The third kappa shape index (κ3) is 4.87. The Labute approximate surface area is 199 Å². The van der Waals surface area contributed by atoms with E-state index in [1.165, 1.54) is 31.2 Å². The Morgan fingerprint density at radius 3 is 2.74 bits per heavy atom. The second-order valence-corrected chi connectivity index (χ2v) is 9.03. The largest absolute Gasteiger partial charge is 0.481 e. The van der Waals surface area contributed by atoms with Crippen LogP contribution in [0.25, 0.3) is 11.2 Å². The summed E-state index contributed by atoms with van der Waals surface area (Å²) in [7, 11) is 1.63. The van der Waals surface area contributed by atoms with E-state index in [9.17, 15) is 0 Å². The van der Waals surface area contributed by atoms with Crippen molar-refractivity contribution in [2.45, 2.75) is 50.0 Å². The third-order valence-corrected chi connectivity index (χ3v) is 6.96. The fraction of sp³-hybridized carbons (Fsp3) is 0.385. The van der Waals surface area contributed by atoms with Crippen molar-refractivity contribution in [1.82, 2.24) is 30.7 Å². The Morgan fingerprint density at radius 1 is 1.12 bits per heavy atom. The minimum atomic E-state index is 0.0583. The van der Waals surface area contributed by atoms with Crippen LogP contribution in [0.5, 0.6) is 5.88 Å². The van der Waals surface area contributed by atoms with Gasteiger partial charge in [0.2, 0.25) is 5.88 Å². The van der Waals surface area contributed by atoms with E-state index in [-0.39, 0.29) is 5.92 Å². The second-order valence-electron chi connectivity index (χ2n) is 9.03. The topological polar surface area (TPSA) is 115 Å². The lowest BCUT2D eigenvalue weighted by Crippen LogP contribution is -2.34. The van der Waals surface area contributed by atoms with Crippen LogP contribution in [0.2, 0.25) is 0 Å². The lowest BCUT2D eigenvalue weighted by atomic mass is 9.81. The van der Waals surface area contributed by atoms with Gasteiger partial charge in [-0.25, -0.2) is 15.1 Å². The minimum absolute atomic E-state index is 0.0583. The minimum Gasteiger partial charge on any atom is -0.481 e. The van der Waals surface area contributed by atoms with E-state index >= 15 is 0 Å². The lowest BCUT2D eigenvalue weighted by Gasteiger charge is -2.30. The summed E-state index contributed by atoms with van der Waals surface area (Å²) < 4.78 is 5.39. The van der Waals surface area contributed by atoms with Gasteiger partial charge in [-0.2, -0.15) is 0 Å². The Bertz CT molecular complexity index is 1220. The predicted octanol–water partition coefficient (Wildman–Crippen LogP) is 4.18. The van der Waals surface area contributed by atoms with E-state index in [0.29, 0.717) is 29.3 Å². The predicted molar refractivity (Wildman–Crippen MR) is 133 cm³/mol. The number of ether oxygens (including phenoxy) is 1. The molecule has 34 heavy (non-hydrogen) atoms. The smallest absolute Gasteiger partial charge is 0.213 e. The molecule has 1 aliphatic carbocycles. The van der Waals surface area contributed by atoms with Gasteiger partial charge >= 0.3 is 0 Å². The third-order valence-electron chi connectivity index (χ3n) is 6.96. The van der Waals surface area contributed by atoms with E-state index < -0.39 is 0 Å². The molecular formula is C26H31N7O. The van der Waals surface area contributed by atoms with Crippen LogP contribution >= 0.6 is 0 Å². The van der Waals surface area contributed by atoms with Crippen molar-refractivity contribution in [3.8, 4) is 5.88 Å². The monoisotopic (exact) mass is 457 g/mol. The zero-order valence-corrected chi connectivity index (χ0v) is 19.4. The first-order chi connectivity index (χ1) is 16.7. The number of aromatic amines is 1. The number of nitrogens with one attached hydrogen (secondary N) is 2. The van der Waals surface area contributed by atoms with Gasteiger partial charge in [-0.3, -0.25) is 0 Å². The highest BCUT2D eigenvalue weighted by Crippen LogP contribution is 2.35. The quantitative estimate of drug-likeness (QED) is 0.364. The molecule has 8 heteroatoms. The van der Waals surface area contributed by atoms with Crippen LogP contribution in [0.3, 0.4) is 0 Å². The molecule has 1 unspecified atom stereocenters. The number of fused-ring (bicyclic) bond motifs is 1. The number of aromatic nitrogens is 5. The van der Waals surface area contributed by atoms with Crippen molar-refractivity contribution in [2.75, 3.05) is 19.4 Å². The van der Waals surface area contributed by atoms with Crippen LogP contribution < -0.4 is 15.8 Å². The van der Waals surface area contributed by atoms with Crippen molar-refractivity contribution in [3.63, 3.8) is 0 Å². The molecule has 1 saturated carbocycles. The van der Waals surface area contributed by atoms with Gasteiger partial charge in [-0.1, -0.05) is 35.5 Å². The summed E-state index contributed by atoms with van der Waals surface area (Å²) in [5.41, 5.74) is 11.1. The van der Waals surface area contributed by atoms with Gasteiger partial charge in [0.15, 0.2) is 5.65 Å². The maximum Gasteiger partial charge on any atom is 0.213 e. The molecule has 0 bridgehead atoms.